The zero-order chi connectivity index (χ0) is 15.0. The van der Waals surface area contributed by atoms with E-state index in [1.54, 1.807) is 5.56 Å². The Labute approximate surface area is 129 Å². The number of rotatable bonds is 2. The van der Waals surface area contributed by atoms with E-state index >= 15 is 0 Å². The van der Waals surface area contributed by atoms with E-state index in [1.165, 1.54) is 31.5 Å². The minimum Gasteiger partial charge on any atom is -0.312 e. The third-order valence-corrected chi connectivity index (χ3v) is 5.52. The molecule has 1 aliphatic carbocycles. The highest BCUT2D eigenvalue weighted by molar-refractivity contribution is 5.36. The van der Waals surface area contributed by atoms with Gasteiger partial charge in [0.15, 0.2) is 0 Å². The van der Waals surface area contributed by atoms with Gasteiger partial charge < -0.3 is 5.32 Å². The highest BCUT2D eigenvalue weighted by atomic mass is 15.2. The number of likely N-dealkylation sites (N-methyl/N-ethyl adjacent to an activating group) is 1. The van der Waals surface area contributed by atoms with Crippen LogP contribution in [0.3, 0.4) is 0 Å². The molecule has 0 bridgehead atoms. The number of nitrogens with one attached hydrogen (secondary N) is 1. The van der Waals surface area contributed by atoms with Gasteiger partial charge in [-0.3, -0.25) is 4.90 Å². The summed E-state index contributed by atoms with van der Waals surface area (Å²) >= 11 is 0. The predicted molar refractivity (Wildman–Crippen MR) is 89.6 cm³/mol. The molecule has 5 atom stereocenters. The number of benzene rings is 1. The Kier molecular flexibility index (Phi) is 4.37. The van der Waals surface area contributed by atoms with E-state index in [0.717, 1.165) is 11.8 Å². The first-order valence-electron chi connectivity index (χ1n) is 8.60. The molecular formula is C19H30N2. The van der Waals surface area contributed by atoms with Crippen molar-refractivity contribution in [3.05, 3.63) is 35.4 Å². The summed E-state index contributed by atoms with van der Waals surface area (Å²) in [4.78, 5) is 2.77. The van der Waals surface area contributed by atoms with Gasteiger partial charge in [-0.15, -0.1) is 0 Å². The minimum atomic E-state index is 0.481. The molecule has 2 nitrogen and oxygen atoms in total. The van der Waals surface area contributed by atoms with Crippen molar-refractivity contribution in [1.29, 1.82) is 0 Å². The van der Waals surface area contributed by atoms with Gasteiger partial charge in [0.2, 0.25) is 0 Å². The van der Waals surface area contributed by atoms with Crippen molar-refractivity contribution in [3.8, 4) is 0 Å². The van der Waals surface area contributed by atoms with Gasteiger partial charge in [0, 0.05) is 25.2 Å². The fourth-order valence-electron chi connectivity index (χ4n) is 4.77. The van der Waals surface area contributed by atoms with Crippen LogP contribution in [0.15, 0.2) is 24.3 Å². The molecule has 0 saturated carbocycles. The maximum Gasteiger partial charge on any atom is 0.0478 e. The van der Waals surface area contributed by atoms with E-state index in [0.29, 0.717) is 18.0 Å². The molecule has 2 heteroatoms. The highest BCUT2D eigenvalue weighted by Gasteiger charge is 2.37. The molecule has 1 fully saturated rings. The van der Waals surface area contributed by atoms with E-state index in [1.807, 2.05) is 0 Å². The molecule has 116 valence electrons. The number of nitrogens with zero attached hydrogens (tertiary/aromatic N) is 1. The lowest BCUT2D eigenvalue weighted by molar-refractivity contribution is 0.0637. The summed E-state index contributed by atoms with van der Waals surface area (Å²) in [6.45, 7) is 9.76. The van der Waals surface area contributed by atoms with Crippen molar-refractivity contribution in [2.75, 3.05) is 20.1 Å². The van der Waals surface area contributed by atoms with Crippen molar-refractivity contribution in [2.24, 2.45) is 11.8 Å². The van der Waals surface area contributed by atoms with Crippen LogP contribution in [0.4, 0.5) is 0 Å². The van der Waals surface area contributed by atoms with Crippen molar-refractivity contribution >= 4 is 0 Å². The Hall–Kier alpha value is -0.860. The third-order valence-electron chi connectivity index (χ3n) is 5.52. The lowest BCUT2D eigenvalue weighted by atomic mass is 9.76. The second-order valence-corrected chi connectivity index (χ2v) is 7.50. The maximum absolute atomic E-state index is 3.62. The van der Waals surface area contributed by atoms with Crippen molar-refractivity contribution < 1.29 is 0 Å². The molecular weight excluding hydrogens is 256 g/mol. The largest absolute Gasteiger partial charge is 0.312 e. The van der Waals surface area contributed by atoms with Crippen LogP contribution in [-0.4, -0.2) is 31.1 Å². The van der Waals surface area contributed by atoms with Crippen LogP contribution >= 0.6 is 0 Å². The Morgan fingerprint density at radius 1 is 0.952 bits per heavy atom. The second-order valence-electron chi connectivity index (χ2n) is 7.50. The molecule has 1 aliphatic heterocycles. The molecule has 1 heterocycles. The smallest absolute Gasteiger partial charge is 0.0478 e. The molecule has 1 aromatic carbocycles. The molecule has 5 unspecified atom stereocenters. The SMILES string of the molecule is CNC1c2ccccc2C(C)CC1N1CC(C)CC(C)C1. The quantitative estimate of drug-likeness (QED) is 0.889. The van der Waals surface area contributed by atoms with Crippen molar-refractivity contribution in [2.45, 2.75) is 51.6 Å². The van der Waals surface area contributed by atoms with E-state index in [-0.39, 0.29) is 0 Å². The van der Waals surface area contributed by atoms with Gasteiger partial charge in [-0.05, 0) is 48.8 Å². The number of likely N-dealkylation sites (tertiary alicyclic amines) is 1. The molecule has 1 aromatic rings. The fourth-order valence-corrected chi connectivity index (χ4v) is 4.77. The van der Waals surface area contributed by atoms with Gasteiger partial charge in [-0.1, -0.05) is 45.0 Å². The van der Waals surface area contributed by atoms with E-state index in [9.17, 15) is 0 Å². The lowest BCUT2D eigenvalue weighted by Crippen LogP contribution is -2.52. The summed E-state index contributed by atoms with van der Waals surface area (Å²) < 4.78 is 0. The molecule has 1 saturated heterocycles. The second kappa shape index (κ2) is 6.10. The first kappa shape index (κ1) is 15.1. The summed E-state index contributed by atoms with van der Waals surface area (Å²) in [6, 6.07) is 10.2. The van der Waals surface area contributed by atoms with Crippen LogP contribution in [0.1, 0.15) is 56.7 Å². The Balaban J connectivity index is 1.89. The summed E-state index contributed by atoms with van der Waals surface area (Å²) in [5, 5.41) is 3.62. The first-order valence-corrected chi connectivity index (χ1v) is 8.60. The van der Waals surface area contributed by atoms with E-state index in [4.69, 9.17) is 0 Å². The molecule has 3 rings (SSSR count). The van der Waals surface area contributed by atoms with Gasteiger partial charge in [0.1, 0.15) is 0 Å². The zero-order valence-corrected chi connectivity index (χ0v) is 14.0. The van der Waals surface area contributed by atoms with Gasteiger partial charge in [0.25, 0.3) is 0 Å². The first-order chi connectivity index (χ1) is 10.1. The summed E-state index contributed by atoms with van der Waals surface area (Å²) in [5.41, 5.74) is 3.07. The number of fused-ring (bicyclic) bond motifs is 1. The average molecular weight is 286 g/mol. The summed E-state index contributed by atoms with van der Waals surface area (Å²) in [5.74, 6) is 2.33. The molecule has 0 spiro atoms. The molecule has 0 amide bonds. The van der Waals surface area contributed by atoms with E-state index < -0.39 is 0 Å². The van der Waals surface area contributed by atoms with Crippen molar-refractivity contribution in [3.63, 3.8) is 0 Å². The van der Waals surface area contributed by atoms with Crippen LogP contribution in [0.5, 0.6) is 0 Å². The number of hydrogen-bond acceptors (Lipinski definition) is 2. The molecule has 21 heavy (non-hydrogen) atoms. The fraction of sp³-hybridized carbons (Fsp3) is 0.684. The van der Waals surface area contributed by atoms with Crippen LogP contribution in [0.25, 0.3) is 0 Å². The normalized spacial score (nSPS) is 37.2. The number of hydrogen-bond donors (Lipinski definition) is 1. The summed E-state index contributed by atoms with van der Waals surface area (Å²) in [7, 11) is 2.13. The van der Waals surface area contributed by atoms with Gasteiger partial charge >= 0.3 is 0 Å². The predicted octanol–water partition coefficient (Wildman–Crippen LogP) is 3.80. The minimum absolute atomic E-state index is 0.481. The Morgan fingerprint density at radius 3 is 2.19 bits per heavy atom. The lowest BCUT2D eigenvalue weighted by Gasteiger charge is -2.47. The Morgan fingerprint density at radius 2 is 1.57 bits per heavy atom. The van der Waals surface area contributed by atoms with Gasteiger partial charge in [-0.25, -0.2) is 0 Å². The van der Waals surface area contributed by atoms with Crippen LogP contribution < -0.4 is 5.32 Å². The molecule has 0 radical (unpaired) electrons. The Bertz CT molecular complexity index is 474. The van der Waals surface area contributed by atoms with E-state index in [2.05, 4.69) is 62.3 Å². The maximum atomic E-state index is 3.62. The van der Waals surface area contributed by atoms with Crippen LogP contribution in [-0.2, 0) is 0 Å². The van der Waals surface area contributed by atoms with Crippen molar-refractivity contribution in [1.82, 2.24) is 10.2 Å². The number of piperidine rings is 1. The van der Waals surface area contributed by atoms with Gasteiger partial charge in [-0.2, -0.15) is 0 Å². The van der Waals surface area contributed by atoms with Crippen LogP contribution in [0, 0.1) is 11.8 Å². The average Bonchev–Trinajstić information content (AvgIpc) is 2.46. The van der Waals surface area contributed by atoms with Crippen LogP contribution in [0.2, 0.25) is 0 Å². The van der Waals surface area contributed by atoms with Gasteiger partial charge in [0.05, 0.1) is 0 Å². The highest BCUT2D eigenvalue weighted by Crippen LogP contribution is 2.40. The molecule has 0 aromatic heterocycles. The zero-order valence-electron chi connectivity index (χ0n) is 14.0. The monoisotopic (exact) mass is 286 g/mol. The summed E-state index contributed by atoms with van der Waals surface area (Å²) in [6.07, 6.45) is 2.67. The topological polar surface area (TPSA) is 15.3 Å². The molecule has 1 N–H and O–H groups in total. The standard InChI is InChI=1S/C19H30N2/c1-13-9-14(2)12-21(11-13)18-10-15(3)16-7-5-6-8-17(16)19(18)20-4/h5-8,13-15,18-20H,9-12H2,1-4H3. The molecule has 2 aliphatic rings. The third kappa shape index (κ3) is 2.89.